The molecule has 1 saturated heterocycles. The molecule has 1 aliphatic heterocycles. The number of sulfone groups is 1. The highest BCUT2D eigenvalue weighted by Gasteiger charge is 2.35. The molecule has 2 rings (SSSR count). The molecule has 0 bridgehead atoms. The molecule has 2 atom stereocenters. The van der Waals surface area contributed by atoms with Gasteiger partial charge in [-0.1, -0.05) is 6.07 Å². The molecule has 1 aromatic carbocycles. The highest BCUT2D eigenvalue weighted by Crippen LogP contribution is 2.19. The van der Waals surface area contributed by atoms with Gasteiger partial charge in [0.15, 0.2) is 9.84 Å². The molecule has 1 aliphatic rings. The van der Waals surface area contributed by atoms with Crippen molar-refractivity contribution < 1.29 is 31.5 Å². The lowest BCUT2D eigenvalue weighted by molar-refractivity contribution is -0.133. The van der Waals surface area contributed by atoms with Gasteiger partial charge in [0.1, 0.15) is 22.6 Å². The molecule has 2 amide bonds. The minimum absolute atomic E-state index is 0.0613. The molecule has 7 nitrogen and oxygen atoms in total. The number of carbonyl (C=O) groups excluding carboxylic acids is 2. The standard InChI is InChI=1S/C18H24F2N2O5S/c1-3-22(10-16(23)21-17-14(19)7-4-8-15(17)20)18(24)12(2)28(25,26)11-13-6-5-9-27-13/h4,7-8,12-13H,3,5-6,9-11H2,1-2H3,(H,21,23). The Morgan fingerprint density at radius 2 is 1.96 bits per heavy atom. The number of nitrogens with one attached hydrogen (secondary N) is 1. The molecule has 1 aromatic rings. The molecule has 156 valence electrons. The summed E-state index contributed by atoms with van der Waals surface area (Å²) >= 11 is 0. The number of carbonyl (C=O) groups is 2. The zero-order valence-corrected chi connectivity index (χ0v) is 16.6. The van der Waals surface area contributed by atoms with Crippen LogP contribution in [0.3, 0.4) is 0 Å². The minimum atomic E-state index is -3.77. The summed E-state index contributed by atoms with van der Waals surface area (Å²) in [6, 6.07) is 3.13. The summed E-state index contributed by atoms with van der Waals surface area (Å²) in [7, 11) is -3.77. The topological polar surface area (TPSA) is 92.8 Å². The van der Waals surface area contributed by atoms with E-state index in [0.29, 0.717) is 13.0 Å². The maximum Gasteiger partial charge on any atom is 0.244 e. The van der Waals surface area contributed by atoms with Crippen LogP contribution in [0.25, 0.3) is 0 Å². The van der Waals surface area contributed by atoms with Crippen molar-refractivity contribution in [2.45, 2.75) is 38.0 Å². The van der Waals surface area contributed by atoms with Crippen molar-refractivity contribution >= 4 is 27.3 Å². The van der Waals surface area contributed by atoms with Crippen LogP contribution in [0, 0.1) is 11.6 Å². The van der Waals surface area contributed by atoms with E-state index in [9.17, 15) is 26.8 Å². The lowest BCUT2D eigenvalue weighted by Crippen LogP contribution is -2.46. The zero-order valence-electron chi connectivity index (χ0n) is 15.8. The normalized spacial score (nSPS) is 17.9. The number of hydrogen-bond acceptors (Lipinski definition) is 5. The Morgan fingerprint density at radius 3 is 2.50 bits per heavy atom. The first-order valence-electron chi connectivity index (χ1n) is 9.01. The average molecular weight is 418 g/mol. The second-order valence-corrected chi connectivity index (χ2v) is 8.97. The van der Waals surface area contributed by atoms with Crippen LogP contribution in [0.4, 0.5) is 14.5 Å². The summed E-state index contributed by atoms with van der Waals surface area (Å²) in [5, 5.41) is 0.730. The van der Waals surface area contributed by atoms with Crippen LogP contribution in [0.2, 0.25) is 0 Å². The Kier molecular flexibility index (Phi) is 7.48. The fourth-order valence-electron chi connectivity index (χ4n) is 2.91. The van der Waals surface area contributed by atoms with Gasteiger partial charge in [-0.3, -0.25) is 9.59 Å². The fraction of sp³-hybridized carbons (Fsp3) is 0.556. The van der Waals surface area contributed by atoms with Crippen LogP contribution >= 0.6 is 0 Å². The zero-order chi connectivity index (χ0) is 20.9. The monoisotopic (exact) mass is 418 g/mol. The van der Waals surface area contributed by atoms with E-state index < -0.39 is 56.9 Å². The Balaban J connectivity index is 2.02. The molecule has 1 N–H and O–H groups in total. The largest absolute Gasteiger partial charge is 0.377 e. The third kappa shape index (κ3) is 5.48. The van der Waals surface area contributed by atoms with E-state index in [1.54, 1.807) is 6.92 Å². The van der Waals surface area contributed by atoms with Gasteiger partial charge in [-0.15, -0.1) is 0 Å². The van der Waals surface area contributed by atoms with Crippen LogP contribution in [0.15, 0.2) is 18.2 Å². The average Bonchev–Trinajstić information content (AvgIpc) is 3.14. The van der Waals surface area contributed by atoms with E-state index in [2.05, 4.69) is 5.32 Å². The lowest BCUT2D eigenvalue weighted by Gasteiger charge is -2.24. The van der Waals surface area contributed by atoms with E-state index in [1.165, 1.54) is 6.92 Å². The first-order valence-corrected chi connectivity index (χ1v) is 10.7. The number of hydrogen-bond donors (Lipinski definition) is 1. The van der Waals surface area contributed by atoms with Gasteiger partial charge in [0.2, 0.25) is 11.8 Å². The van der Waals surface area contributed by atoms with Crippen LogP contribution < -0.4 is 5.32 Å². The van der Waals surface area contributed by atoms with Gasteiger partial charge in [0.05, 0.1) is 18.4 Å². The van der Waals surface area contributed by atoms with Crippen molar-refractivity contribution in [1.29, 1.82) is 0 Å². The van der Waals surface area contributed by atoms with Crippen LogP contribution in [0.5, 0.6) is 0 Å². The summed E-state index contributed by atoms with van der Waals surface area (Å²) in [4.78, 5) is 25.8. The molecule has 0 radical (unpaired) electrons. The predicted octanol–water partition coefficient (Wildman–Crippen LogP) is 1.73. The molecule has 1 heterocycles. The van der Waals surface area contributed by atoms with Gasteiger partial charge in [0.25, 0.3) is 0 Å². The number of nitrogens with zero attached hydrogens (tertiary/aromatic N) is 1. The molecule has 0 spiro atoms. The van der Waals surface area contributed by atoms with Crippen LogP contribution in [-0.2, 0) is 24.2 Å². The maximum absolute atomic E-state index is 13.6. The van der Waals surface area contributed by atoms with Gasteiger partial charge in [0, 0.05) is 13.2 Å². The number of para-hydroxylation sites is 1. The van der Waals surface area contributed by atoms with Gasteiger partial charge in [-0.25, -0.2) is 17.2 Å². The van der Waals surface area contributed by atoms with Gasteiger partial charge >= 0.3 is 0 Å². The Morgan fingerprint density at radius 1 is 1.32 bits per heavy atom. The molecular weight excluding hydrogens is 394 g/mol. The highest BCUT2D eigenvalue weighted by atomic mass is 32.2. The van der Waals surface area contributed by atoms with Crippen LogP contribution in [0.1, 0.15) is 26.7 Å². The molecule has 10 heteroatoms. The molecule has 0 aromatic heterocycles. The predicted molar refractivity (Wildman–Crippen MR) is 99.5 cm³/mol. The van der Waals surface area contributed by atoms with Gasteiger partial charge in [-0.2, -0.15) is 0 Å². The second kappa shape index (κ2) is 9.42. The fourth-order valence-corrected chi connectivity index (χ4v) is 4.43. The van der Waals surface area contributed by atoms with Crippen molar-refractivity contribution in [1.82, 2.24) is 4.90 Å². The van der Waals surface area contributed by atoms with E-state index in [0.717, 1.165) is 29.5 Å². The quantitative estimate of drug-likeness (QED) is 0.694. The second-order valence-electron chi connectivity index (χ2n) is 6.60. The summed E-state index contributed by atoms with van der Waals surface area (Å²) in [6.07, 6.45) is 0.965. The van der Waals surface area contributed by atoms with E-state index >= 15 is 0 Å². The number of likely N-dealkylation sites (N-methyl/N-ethyl adjacent to an activating group) is 1. The van der Waals surface area contributed by atoms with Gasteiger partial charge < -0.3 is 15.0 Å². The van der Waals surface area contributed by atoms with Gasteiger partial charge in [-0.05, 0) is 38.8 Å². The smallest absolute Gasteiger partial charge is 0.244 e. The Bertz CT molecular complexity index is 805. The third-order valence-electron chi connectivity index (χ3n) is 4.58. The van der Waals surface area contributed by atoms with Crippen LogP contribution in [-0.4, -0.2) is 61.9 Å². The Labute approximate surface area is 163 Å². The number of halogens is 2. The summed E-state index contributed by atoms with van der Waals surface area (Å²) in [6.45, 7) is 2.88. The number of benzene rings is 1. The van der Waals surface area contributed by atoms with Crippen molar-refractivity contribution in [3.63, 3.8) is 0 Å². The maximum atomic E-state index is 13.6. The molecular formula is C18H24F2N2O5S. The lowest BCUT2D eigenvalue weighted by atomic mass is 10.3. The Hall–Kier alpha value is -2.07. The molecule has 2 unspecified atom stereocenters. The van der Waals surface area contributed by atoms with E-state index in [-0.39, 0.29) is 12.3 Å². The molecule has 28 heavy (non-hydrogen) atoms. The van der Waals surface area contributed by atoms with Crippen molar-refractivity contribution in [3.8, 4) is 0 Å². The first-order chi connectivity index (χ1) is 13.2. The first kappa shape index (κ1) is 22.2. The molecule has 1 fully saturated rings. The number of amides is 2. The summed E-state index contributed by atoms with van der Waals surface area (Å²) < 4.78 is 57.6. The third-order valence-corrected chi connectivity index (χ3v) is 6.70. The van der Waals surface area contributed by atoms with E-state index in [4.69, 9.17) is 4.74 Å². The van der Waals surface area contributed by atoms with E-state index in [1.807, 2.05) is 0 Å². The summed E-state index contributed by atoms with van der Waals surface area (Å²) in [5.41, 5.74) is -0.616. The molecule has 0 saturated carbocycles. The summed E-state index contributed by atoms with van der Waals surface area (Å²) in [5.74, 6) is -3.73. The van der Waals surface area contributed by atoms with Crippen molar-refractivity contribution in [2.75, 3.05) is 30.8 Å². The number of anilines is 1. The minimum Gasteiger partial charge on any atom is -0.377 e. The number of rotatable bonds is 8. The highest BCUT2D eigenvalue weighted by molar-refractivity contribution is 7.92. The van der Waals surface area contributed by atoms with Crippen molar-refractivity contribution in [3.05, 3.63) is 29.8 Å². The molecule has 0 aliphatic carbocycles. The SMILES string of the molecule is CCN(CC(=O)Nc1c(F)cccc1F)C(=O)C(C)S(=O)(=O)CC1CCCO1. The number of ether oxygens (including phenoxy) is 1. The van der Waals surface area contributed by atoms with Crippen molar-refractivity contribution in [2.24, 2.45) is 0 Å².